The third-order valence-electron chi connectivity index (χ3n) is 3.72. The maximum atomic E-state index is 12.6. The van der Waals surface area contributed by atoms with E-state index in [-0.39, 0.29) is 11.3 Å². The first-order chi connectivity index (χ1) is 11.1. The number of benzene rings is 2. The predicted octanol–water partition coefficient (Wildman–Crippen LogP) is 2.80. The van der Waals surface area contributed by atoms with Crippen molar-refractivity contribution in [2.75, 3.05) is 12.4 Å². The molecule has 5 nitrogen and oxygen atoms in total. The number of nitrogens with zero attached hydrogens (tertiary/aromatic N) is 1. The van der Waals surface area contributed by atoms with Crippen molar-refractivity contribution in [2.45, 2.75) is 0 Å². The maximum absolute atomic E-state index is 12.6. The second-order valence-electron chi connectivity index (χ2n) is 5.11. The number of carbonyl (C=O) groups excluding carboxylic acids is 1. The number of rotatable bonds is 3. The molecule has 3 aromatic rings. The second kappa shape index (κ2) is 5.96. The Morgan fingerprint density at radius 1 is 1.04 bits per heavy atom. The van der Waals surface area contributed by atoms with Crippen LogP contribution in [0, 0.1) is 0 Å². The number of hydrogen-bond donors (Lipinski definition) is 1. The Morgan fingerprint density at radius 3 is 2.39 bits per heavy atom. The van der Waals surface area contributed by atoms with Gasteiger partial charge >= 0.3 is 0 Å². The molecule has 0 aliphatic rings. The number of hydrogen-bond acceptors (Lipinski definition) is 3. The number of carbonyl (C=O) groups is 1. The highest BCUT2D eigenvalue weighted by Crippen LogP contribution is 2.27. The number of aryl methyl sites for hydroxylation is 1. The summed E-state index contributed by atoms with van der Waals surface area (Å²) >= 11 is 0. The lowest BCUT2D eigenvalue weighted by Crippen LogP contribution is -2.29. The normalized spacial score (nSPS) is 10.5. The second-order valence-corrected chi connectivity index (χ2v) is 5.11. The lowest BCUT2D eigenvalue weighted by molar-refractivity contribution is 0.102. The number of pyridine rings is 1. The van der Waals surface area contributed by atoms with Crippen molar-refractivity contribution >= 4 is 22.5 Å². The van der Waals surface area contributed by atoms with Crippen molar-refractivity contribution in [1.29, 1.82) is 0 Å². The van der Waals surface area contributed by atoms with Crippen LogP contribution in [0.1, 0.15) is 10.4 Å². The van der Waals surface area contributed by atoms with Crippen molar-refractivity contribution in [2.24, 2.45) is 7.05 Å². The Bertz CT molecular complexity index is 930. The topological polar surface area (TPSA) is 60.3 Å². The summed E-state index contributed by atoms with van der Waals surface area (Å²) in [6, 6.07) is 16.3. The van der Waals surface area contributed by atoms with E-state index in [4.69, 9.17) is 4.74 Å². The molecule has 0 fully saturated rings. The SMILES string of the molecule is COc1c(C(=O)Nc2ccccc2)c(=O)n(C)c2ccccc12. The minimum absolute atomic E-state index is 0.00227. The highest BCUT2D eigenvalue weighted by atomic mass is 16.5. The van der Waals surface area contributed by atoms with Crippen LogP contribution in [0.3, 0.4) is 0 Å². The molecule has 0 saturated heterocycles. The molecule has 0 aliphatic heterocycles. The molecule has 1 N–H and O–H groups in total. The average Bonchev–Trinajstić information content (AvgIpc) is 2.58. The van der Waals surface area contributed by atoms with Crippen LogP contribution in [0.25, 0.3) is 10.9 Å². The van der Waals surface area contributed by atoms with Crippen LogP contribution in [0.4, 0.5) is 5.69 Å². The van der Waals surface area contributed by atoms with E-state index in [9.17, 15) is 9.59 Å². The molecule has 116 valence electrons. The van der Waals surface area contributed by atoms with Crippen LogP contribution in [0.15, 0.2) is 59.4 Å². The lowest BCUT2D eigenvalue weighted by atomic mass is 10.1. The average molecular weight is 308 g/mol. The highest BCUT2D eigenvalue weighted by Gasteiger charge is 2.22. The van der Waals surface area contributed by atoms with Gasteiger partial charge in [0.15, 0.2) is 0 Å². The summed E-state index contributed by atoms with van der Waals surface area (Å²) < 4.78 is 6.84. The first-order valence-electron chi connectivity index (χ1n) is 7.15. The Hall–Kier alpha value is -3.08. The van der Waals surface area contributed by atoms with Crippen LogP contribution in [0.5, 0.6) is 5.75 Å². The molecule has 0 spiro atoms. The van der Waals surface area contributed by atoms with E-state index in [0.29, 0.717) is 11.2 Å². The molecule has 23 heavy (non-hydrogen) atoms. The number of nitrogens with one attached hydrogen (secondary N) is 1. The van der Waals surface area contributed by atoms with Gasteiger partial charge in [0, 0.05) is 18.1 Å². The van der Waals surface area contributed by atoms with Crippen LogP contribution in [-0.4, -0.2) is 17.6 Å². The standard InChI is InChI=1S/C18H16N2O3/c1-20-14-11-7-6-10-13(14)16(23-2)15(18(20)22)17(21)19-12-8-4-3-5-9-12/h3-11H,1-2H3,(H,19,21). The van der Waals surface area contributed by atoms with Crippen molar-refractivity contribution in [1.82, 2.24) is 4.57 Å². The fourth-order valence-electron chi connectivity index (χ4n) is 2.59. The van der Waals surface area contributed by atoms with Crippen molar-refractivity contribution in [3.63, 3.8) is 0 Å². The van der Waals surface area contributed by atoms with Gasteiger partial charge in [-0.3, -0.25) is 9.59 Å². The maximum Gasteiger partial charge on any atom is 0.267 e. The molecular weight excluding hydrogens is 292 g/mol. The Morgan fingerprint density at radius 2 is 1.70 bits per heavy atom. The van der Waals surface area contributed by atoms with E-state index in [1.54, 1.807) is 19.2 Å². The Balaban J connectivity index is 2.19. The fraction of sp³-hybridized carbons (Fsp3) is 0.111. The molecule has 0 bridgehead atoms. The zero-order valence-corrected chi connectivity index (χ0v) is 12.9. The zero-order chi connectivity index (χ0) is 16.4. The molecule has 0 atom stereocenters. The molecule has 0 aliphatic carbocycles. The van der Waals surface area contributed by atoms with Gasteiger partial charge in [-0.25, -0.2) is 0 Å². The smallest absolute Gasteiger partial charge is 0.267 e. The van der Waals surface area contributed by atoms with Gasteiger partial charge in [-0.05, 0) is 24.3 Å². The van der Waals surface area contributed by atoms with E-state index in [2.05, 4.69) is 5.32 Å². The quantitative estimate of drug-likeness (QED) is 0.809. The summed E-state index contributed by atoms with van der Waals surface area (Å²) in [5.41, 5.74) is 0.937. The van der Waals surface area contributed by atoms with Crippen molar-refractivity contribution in [3.8, 4) is 5.75 Å². The summed E-state index contributed by atoms with van der Waals surface area (Å²) in [7, 11) is 3.10. The molecule has 1 amide bonds. The summed E-state index contributed by atoms with van der Waals surface area (Å²) in [4.78, 5) is 25.2. The van der Waals surface area contributed by atoms with Gasteiger partial charge in [0.05, 0.1) is 12.6 Å². The largest absolute Gasteiger partial charge is 0.495 e. The third-order valence-corrected chi connectivity index (χ3v) is 3.72. The number of fused-ring (bicyclic) bond motifs is 1. The Labute approximate surface area is 133 Å². The molecule has 3 rings (SSSR count). The number of methoxy groups -OCH3 is 1. The molecule has 0 radical (unpaired) electrons. The molecular formula is C18H16N2O3. The zero-order valence-electron chi connectivity index (χ0n) is 12.9. The van der Waals surface area contributed by atoms with E-state index >= 15 is 0 Å². The van der Waals surface area contributed by atoms with Gasteiger partial charge in [-0.15, -0.1) is 0 Å². The van der Waals surface area contributed by atoms with E-state index < -0.39 is 11.5 Å². The third kappa shape index (κ3) is 2.57. The van der Waals surface area contributed by atoms with Gasteiger partial charge in [0.1, 0.15) is 11.3 Å². The number of para-hydroxylation sites is 2. The van der Waals surface area contributed by atoms with Crippen LogP contribution < -0.4 is 15.6 Å². The minimum Gasteiger partial charge on any atom is -0.495 e. The predicted molar refractivity (Wildman–Crippen MR) is 90.1 cm³/mol. The van der Waals surface area contributed by atoms with Gasteiger partial charge in [0.2, 0.25) is 0 Å². The van der Waals surface area contributed by atoms with Crippen molar-refractivity contribution in [3.05, 3.63) is 70.5 Å². The van der Waals surface area contributed by atoms with Crippen LogP contribution in [0.2, 0.25) is 0 Å². The van der Waals surface area contributed by atoms with Crippen LogP contribution >= 0.6 is 0 Å². The highest BCUT2D eigenvalue weighted by molar-refractivity contribution is 6.09. The minimum atomic E-state index is -0.487. The number of anilines is 1. The van der Waals surface area contributed by atoms with E-state index in [0.717, 1.165) is 5.39 Å². The van der Waals surface area contributed by atoms with E-state index in [1.807, 2.05) is 42.5 Å². The summed E-state index contributed by atoms with van der Waals surface area (Å²) in [5, 5.41) is 3.45. The molecule has 2 aromatic carbocycles. The number of ether oxygens (including phenoxy) is 1. The van der Waals surface area contributed by atoms with Crippen LogP contribution in [-0.2, 0) is 7.05 Å². The molecule has 0 saturated carbocycles. The summed E-state index contributed by atoms with van der Waals surface area (Å²) in [5.74, 6) is -0.198. The monoisotopic (exact) mass is 308 g/mol. The van der Waals surface area contributed by atoms with Gasteiger partial charge in [-0.1, -0.05) is 30.3 Å². The summed E-state index contributed by atoms with van der Waals surface area (Å²) in [6.45, 7) is 0. The number of amides is 1. The van der Waals surface area contributed by atoms with Crippen molar-refractivity contribution < 1.29 is 9.53 Å². The lowest BCUT2D eigenvalue weighted by Gasteiger charge is -2.14. The first kappa shape index (κ1) is 14.8. The molecule has 5 heteroatoms. The molecule has 1 aromatic heterocycles. The number of aromatic nitrogens is 1. The molecule has 0 unspecified atom stereocenters. The van der Waals surface area contributed by atoms with Gasteiger partial charge in [-0.2, -0.15) is 0 Å². The Kier molecular flexibility index (Phi) is 3.85. The van der Waals surface area contributed by atoms with Gasteiger partial charge < -0.3 is 14.6 Å². The summed E-state index contributed by atoms with van der Waals surface area (Å²) in [6.07, 6.45) is 0. The molecule has 1 heterocycles. The van der Waals surface area contributed by atoms with E-state index in [1.165, 1.54) is 11.7 Å². The first-order valence-corrected chi connectivity index (χ1v) is 7.15. The van der Waals surface area contributed by atoms with Gasteiger partial charge in [0.25, 0.3) is 11.5 Å². The fourth-order valence-corrected chi connectivity index (χ4v) is 2.59.